The van der Waals surface area contributed by atoms with Gasteiger partial charge in [-0.2, -0.15) is 0 Å². The number of aromatic nitrogens is 2. The maximum atomic E-state index is 11.9. The highest BCUT2D eigenvalue weighted by molar-refractivity contribution is 6.26. The van der Waals surface area contributed by atoms with Crippen LogP contribution in [0.4, 0.5) is 5.69 Å². The molecule has 1 heterocycles. The van der Waals surface area contributed by atoms with Crippen LogP contribution in [0, 0.1) is 34.6 Å². The van der Waals surface area contributed by atoms with E-state index in [1.165, 1.54) is 5.56 Å². The van der Waals surface area contributed by atoms with Gasteiger partial charge >= 0.3 is 0 Å². The highest BCUT2D eigenvalue weighted by Gasteiger charge is 2.23. The molecule has 1 aromatic heterocycles. The van der Waals surface area contributed by atoms with Gasteiger partial charge in [-0.25, -0.2) is 15.0 Å². The van der Waals surface area contributed by atoms with E-state index in [4.69, 9.17) is 15.0 Å². The number of phenolic OH excluding ortho intramolecular Hbond substituents is 1. The molecular formula is C34H29N3O. The number of nitrogens with zero attached hydrogens (tertiary/aromatic N) is 3. The maximum Gasteiger partial charge on any atom is 0.135 e. The number of aromatic hydroxyl groups is 1. The number of fused-ring (bicyclic) bond motifs is 4. The molecule has 1 N–H and O–H groups in total. The molecule has 6 rings (SSSR count). The molecule has 0 aliphatic rings. The van der Waals surface area contributed by atoms with Crippen molar-refractivity contribution in [3.8, 4) is 5.75 Å². The highest BCUT2D eigenvalue weighted by atomic mass is 16.3. The Bertz CT molecular complexity index is 1890. The quantitative estimate of drug-likeness (QED) is 0.152. The smallest absolute Gasteiger partial charge is 0.135 e. The molecule has 4 heteroatoms. The second kappa shape index (κ2) is 9.07. The lowest BCUT2D eigenvalue weighted by atomic mass is 9.93. The first-order valence-electron chi connectivity index (χ1n) is 12.9. The number of phenols is 1. The Morgan fingerprint density at radius 1 is 0.632 bits per heavy atom. The normalized spacial score (nSPS) is 12.1. The summed E-state index contributed by atoms with van der Waals surface area (Å²) < 4.78 is 0. The summed E-state index contributed by atoms with van der Waals surface area (Å²) in [6.45, 7) is 10.4. The molecule has 5 aromatic carbocycles. The number of hydrogen-bond acceptors (Lipinski definition) is 4. The van der Waals surface area contributed by atoms with Crippen LogP contribution in [0.25, 0.3) is 32.8 Å². The third-order valence-electron chi connectivity index (χ3n) is 7.15. The summed E-state index contributed by atoms with van der Waals surface area (Å²) in [6, 6.07) is 26.5. The van der Waals surface area contributed by atoms with Gasteiger partial charge in [0.15, 0.2) is 0 Å². The van der Waals surface area contributed by atoms with Gasteiger partial charge in [0.2, 0.25) is 0 Å². The minimum absolute atomic E-state index is 0.166. The van der Waals surface area contributed by atoms with Crippen LogP contribution in [0.1, 0.15) is 38.9 Å². The maximum absolute atomic E-state index is 11.9. The average molecular weight is 496 g/mol. The average Bonchev–Trinajstić information content (AvgIpc) is 2.89. The first kappa shape index (κ1) is 23.8. The summed E-state index contributed by atoms with van der Waals surface area (Å²) in [7, 11) is 0. The van der Waals surface area contributed by atoms with Gasteiger partial charge in [0, 0.05) is 16.3 Å². The zero-order chi connectivity index (χ0) is 26.6. The standard InChI is InChI=1S/C34H29N3O/c1-19-10-13-24(14-11-19)31(37-30-22(4)16-21(3)17-23(30)5)29-33-32(35-27-8-6-7-9-28(27)36-33)26-18-20(2)12-15-25(26)34(29)38/h6-18,38H,1-5H3. The number of hydrogen-bond donors (Lipinski definition) is 1. The van der Waals surface area contributed by atoms with Gasteiger partial charge in [-0.15, -0.1) is 0 Å². The lowest BCUT2D eigenvalue weighted by Gasteiger charge is -2.17. The van der Waals surface area contributed by atoms with E-state index in [2.05, 4.69) is 70.2 Å². The Morgan fingerprint density at radius 2 is 1.24 bits per heavy atom. The second-order valence-electron chi connectivity index (χ2n) is 10.3. The van der Waals surface area contributed by atoms with E-state index >= 15 is 0 Å². The molecule has 0 unspecified atom stereocenters. The number of aliphatic imine (C=N–C) groups is 1. The third-order valence-corrected chi connectivity index (χ3v) is 7.15. The second-order valence-corrected chi connectivity index (χ2v) is 10.3. The van der Waals surface area contributed by atoms with Crippen molar-refractivity contribution in [2.24, 2.45) is 4.99 Å². The van der Waals surface area contributed by atoms with Crippen molar-refractivity contribution in [3.05, 3.63) is 118 Å². The van der Waals surface area contributed by atoms with Gasteiger partial charge < -0.3 is 5.11 Å². The molecule has 0 bridgehead atoms. The van der Waals surface area contributed by atoms with Gasteiger partial charge in [0.05, 0.1) is 33.5 Å². The summed E-state index contributed by atoms with van der Waals surface area (Å²) in [5.74, 6) is 0.166. The Kier molecular flexibility index (Phi) is 5.68. The van der Waals surface area contributed by atoms with Crippen molar-refractivity contribution in [2.75, 3.05) is 0 Å². The van der Waals surface area contributed by atoms with Crippen molar-refractivity contribution < 1.29 is 5.11 Å². The zero-order valence-electron chi connectivity index (χ0n) is 22.3. The lowest BCUT2D eigenvalue weighted by molar-refractivity contribution is 0.481. The van der Waals surface area contributed by atoms with Gasteiger partial charge in [-0.1, -0.05) is 77.4 Å². The minimum atomic E-state index is 0.166. The molecule has 0 atom stereocenters. The van der Waals surface area contributed by atoms with Crippen molar-refractivity contribution in [1.82, 2.24) is 9.97 Å². The first-order valence-corrected chi connectivity index (χ1v) is 12.9. The molecule has 0 amide bonds. The summed E-state index contributed by atoms with van der Waals surface area (Å²) in [5, 5.41) is 13.5. The summed E-state index contributed by atoms with van der Waals surface area (Å²) in [6.07, 6.45) is 0. The van der Waals surface area contributed by atoms with E-state index in [0.717, 1.165) is 60.8 Å². The predicted octanol–water partition coefficient (Wildman–Crippen LogP) is 8.35. The molecule has 0 radical (unpaired) electrons. The molecule has 186 valence electrons. The van der Waals surface area contributed by atoms with Crippen molar-refractivity contribution >= 4 is 44.2 Å². The van der Waals surface area contributed by atoms with Crippen LogP contribution in [-0.2, 0) is 0 Å². The van der Waals surface area contributed by atoms with Crippen LogP contribution >= 0.6 is 0 Å². The van der Waals surface area contributed by atoms with Crippen molar-refractivity contribution in [1.29, 1.82) is 0 Å². The van der Waals surface area contributed by atoms with E-state index in [0.29, 0.717) is 16.8 Å². The topological polar surface area (TPSA) is 58.4 Å². The largest absolute Gasteiger partial charge is 0.507 e. The third kappa shape index (κ3) is 3.99. The molecule has 0 spiro atoms. The Morgan fingerprint density at radius 3 is 1.89 bits per heavy atom. The van der Waals surface area contributed by atoms with Crippen LogP contribution < -0.4 is 0 Å². The molecule has 0 saturated heterocycles. The van der Waals surface area contributed by atoms with Crippen molar-refractivity contribution in [3.63, 3.8) is 0 Å². The molecular weight excluding hydrogens is 466 g/mol. The van der Waals surface area contributed by atoms with E-state index in [1.807, 2.05) is 43.3 Å². The minimum Gasteiger partial charge on any atom is -0.507 e. The predicted molar refractivity (Wildman–Crippen MR) is 158 cm³/mol. The van der Waals surface area contributed by atoms with E-state index < -0.39 is 0 Å². The first-order chi connectivity index (χ1) is 18.3. The summed E-state index contributed by atoms with van der Waals surface area (Å²) in [4.78, 5) is 15.4. The lowest BCUT2D eigenvalue weighted by Crippen LogP contribution is -2.08. The zero-order valence-corrected chi connectivity index (χ0v) is 22.3. The number of para-hydroxylation sites is 2. The highest BCUT2D eigenvalue weighted by Crippen LogP contribution is 2.39. The van der Waals surface area contributed by atoms with Crippen LogP contribution in [0.5, 0.6) is 5.75 Å². The number of aryl methyl sites for hydroxylation is 5. The molecule has 0 aliphatic heterocycles. The number of benzene rings is 5. The SMILES string of the molecule is Cc1ccc(C(=Nc2c(C)cc(C)cc2C)c2c(O)c3ccc(C)cc3c3nc4ccccc4nc23)cc1. The molecule has 6 aromatic rings. The van der Waals surface area contributed by atoms with Crippen LogP contribution in [0.2, 0.25) is 0 Å². The molecule has 0 saturated carbocycles. The monoisotopic (exact) mass is 495 g/mol. The molecule has 0 fully saturated rings. The summed E-state index contributed by atoms with van der Waals surface area (Å²) >= 11 is 0. The Labute approximate surface area is 222 Å². The van der Waals surface area contributed by atoms with E-state index in [1.54, 1.807) is 0 Å². The Hall–Kier alpha value is -4.57. The van der Waals surface area contributed by atoms with Crippen LogP contribution in [0.15, 0.2) is 83.9 Å². The Balaban J connectivity index is 1.80. The van der Waals surface area contributed by atoms with Gasteiger partial charge in [0.1, 0.15) is 11.3 Å². The fraction of sp³-hybridized carbons (Fsp3) is 0.147. The molecule has 0 aliphatic carbocycles. The number of rotatable bonds is 3. The van der Waals surface area contributed by atoms with Crippen LogP contribution in [0.3, 0.4) is 0 Å². The fourth-order valence-electron chi connectivity index (χ4n) is 5.33. The van der Waals surface area contributed by atoms with Crippen molar-refractivity contribution in [2.45, 2.75) is 34.6 Å². The molecule has 4 nitrogen and oxygen atoms in total. The van der Waals surface area contributed by atoms with Gasteiger partial charge in [-0.3, -0.25) is 0 Å². The van der Waals surface area contributed by atoms with Gasteiger partial charge in [0.25, 0.3) is 0 Å². The van der Waals surface area contributed by atoms with Crippen LogP contribution in [-0.4, -0.2) is 20.8 Å². The fourth-order valence-corrected chi connectivity index (χ4v) is 5.33. The van der Waals surface area contributed by atoms with Gasteiger partial charge in [-0.05, 0) is 63.9 Å². The summed E-state index contributed by atoms with van der Waals surface area (Å²) in [5.41, 5.74) is 11.7. The van der Waals surface area contributed by atoms with E-state index in [9.17, 15) is 5.11 Å². The van der Waals surface area contributed by atoms with E-state index in [-0.39, 0.29) is 5.75 Å². The molecule has 38 heavy (non-hydrogen) atoms.